The Hall–Kier alpha value is -3.07. The van der Waals surface area contributed by atoms with Crippen LogP contribution in [-0.2, 0) is 16.1 Å². The number of aromatic nitrogens is 1. The Balaban J connectivity index is 1.38. The molecule has 158 valence electrons. The van der Waals surface area contributed by atoms with Crippen LogP contribution in [0.25, 0.3) is 10.6 Å². The number of hydrogen-bond donors (Lipinski definition) is 2. The van der Waals surface area contributed by atoms with Gasteiger partial charge in [0, 0.05) is 10.6 Å². The van der Waals surface area contributed by atoms with Crippen molar-refractivity contribution in [3.63, 3.8) is 0 Å². The Morgan fingerprint density at radius 2 is 1.87 bits per heavy atom. The number of hydrazine groups is 1. The Labute approximate surface area is 188 Å². The minimum atomic E-state index is -0.814. The van der Waals surface area contributed by atoms with Crippen LogP contribution in [0.15, 0.2) is 54.6 Å². The minimum absolute atomic E-state index is 0.0242. The van der Waals surface area contributed by atoms with Gasteiger partial charge in [0.2, 0.25) is 11.8 Å². The molecule has 31 heavy (non-hydrogen) atoms. The molecule has 0 saturated carbocycles. The summed E-state index contributed by atoms with van der Waals surface area (Å²) in [6.45, 7) is 1.92. The first kappa shape index (κ1) is 21.2. The molecule has 1 aromatic heterocycles. The normalized spacial score (nSPS) is 16.1. The number of thiazole rings is 1. The molecule has 2 N–H and O–H groups in total. The molecule has 1 aliphatic rings. The van der Waals surface area contributed by atoms with Gasteiger partial charge in [-0.15, -0.1) is 11.3 Å². The van der Waals surface area contributed by atoms with Crippen LogP contribution in [0, 0.1) is 6.92 Å². The number of amides is 3. The van der Waals surface area contributed by atoms with Gasteiger partial charge in [-0.2, -0.15) is 0 Å². The van der Waals surface area contributed by atoms with E-state index in [0.29, 0.717) is 15.6 Å². The first-order chi connectivity index (χ1) is 14.9. The molecule has 3 aromatic rings. The summed E-state index contributed by atoms with van der Waals surface area (Å²) in [4.78, 5) is 43.7. The molecule has 0 bridgehead atoms. The number of imide groups is 1. The predicted molar refractivity (Wildman–Crippen MR) is 118 cm³/mol. The van der Waals surface area contributed by atoms with Crippen LogP contribution in [0.5, 0.6) is 0 Å². The van der Waals surface area contributed by atoms with Gasteiger partial charge in [0.1, 0.15) is 15.9 Å². The fraction of sp³-hybridized carbons (Fsp3) is 0.182. The van der Waals surface area contributed by atoms with Gasteiger partial charge in [0.15, 0.2) is 0 Å². The van der Waals surface area contributed by atoms with Gasteiger partial charge >= 0.3 is 0 Å². The molecule has 1 aliphatic heterocycles. The molecule has 1 saturated heterocycles. The van der Waals surface area contributed by atoms with E-state index in [4.69, 9.17) is 11.6 Å². The molecule has 1 atom stereocenters. The zero-order chi connectivity index (χ0) is 22.0. The van der Waals surface area contributed by atoms with Crippen molar-refractivity contribution in [2.45, 2.75) is 25.9 Å². The number of likely N-dealkylation sites (tertiary alicyclic amines) is 1. The second-order valence-electron chi connectivity index (χ2n) is 7.10. The summed E-state index contributed by atoms with van der Waals surface area (Å²) in [5, 5.41) is 1.32. The third-order valence-corrected chi connectivity index (χ3v) is 6.34. The Morgan fingerprint density at radius 3 is 2.58 bits per heavy atom. The standard InChI is InChI=1S/C22H19ClN4O3S/c1-13-19(31-21(24-13)15-5-3-2-4-6-15)20(29)26-25-17-11-18(28)27(22(17)30)12-14-7-9-16(23)10-8-14/h2-10,17,25H,11-12H2,1H3,(H,26,29). The Morgan fingerprint density at radius 1 is 1.16 bits per heavy atom. The third-order valence-electron chi connectivity index (χ3n) is 4.88. The van der Waals surface area contributed by atoms with E-state index in [1.54, 1.807) is 31.2 Å². The number of hydrogen-bond acceptors (Lipinski definition) is 6. The van der Waals surface area contributed by atoms with Crippen LogP contribution in [-0.4, -0.2) is 33.6 Å². The van der Waals surface area contributed by atoms with Crippen molar-refractivity contribution in [2.24, 2.45) is 0 Å². The van der Waals surface area contributed by atoms with Crippen LogP contribution < -0.4 is 10.9 Å². The fourth-order valence-electron chi connectivity index (χ4n) is 3.26. The van der Waals surface area contributed by atoms with Gasteiger partial charge in [-0.05, 0) is 24.6 Å². The fourth-order valence-corrected chi connectivity index (χ4v) is 4.35. The first-order valence-corrected chi connectivity index (χ1v) is 10.8. The minimum Gasteiger partial charge on any atom is -0.286 e. The highest BCUT2D eigenvalue weighted by Crippen LogP contribution is 2.27. The predicted octanol–water partition coefficient (Wildman–Crippen LogP) is 3.33. The van der Waals surface area contributed by atoms with Crippen molar-refractivity contribution in [2.75, 3.05) is 0 Å². The summed E-state index contributed by atoms with van der Waals surface area (Å²) in [7, 11) is 0. The van der Waals surface area contributed by atoms with Gasteiger partial charge < -0.3 is 0 Å². The molecule has 9 heteroatoms. The maximum absolute atomic E-state index is 12.6. The van der Waals surface area contributed by atoms with Gasteiger partial charge in [0.05, 0.1) is 18.7 Å². The average Bonchev–Trinajstić information content (AvgIpc) is 3.29. The molecular weight excluding hydrogens is 436 g/mol. The number of nitrogens with zero attached hydrogens (tertiary/aromatic N) is 2. The second kappa shape index (κ2) is 8.97. The largest absolute Gasteiger partial charge is 0.286 e. The highest BCUT2D eigenvalue weighted by Gasteiger charge is 2.38. The summed E-state index contributed by atoms with van der Waals surface area (Å²) in [6.07, 6.45) is -0.0242. The Bertz CT molecular complexity index is 1130. The average molecular weight is 455 g/mol. The third kappa shape index (κ3) is 4.66. The second-order valence-corrected chi connectivity index (χ2v) is 8.53. The van der Waals surface area contributed by atoms with Crippen molar-refractivity contribution in [1.29, 1.82) is 0 Å². The number of benzene rings is 2. The molecule has 1 fully saturated rings. The van der Waals surface area contributed by atoms with Gasteiger partial charge in [-0.25, -0.2) is 10.4 Å². The molecule has 0 aliphatic carbocycles. The SMILES string of the molecule is Cc1nc(-c2ccccc2)sc1C(=O)NNC1CC(=O)N(Cc2ccc(Cl)cc2)C1=O. The van der Waals surface area contributed by atoms with E-state index in [2.05, 4.69) is 15.8 Å². The lowest BCUT2D eigenvalue weighted by atomic mass is 10.2. The highest BCUT2D eigenvalue weighted by molar-refractivity contribution is 7.17. The monoisotopic (exact) mass is 454 g/mol. The lowest BCUT2D eigenvalue weighted by Crippen LogP contribution is -2.48. The maximum Gasteiger partial charge on any atom is 0.277 e. The van der Waals surface area contributed by atoms with E-state index in [0.717, 1.165) is 16.1 Å². The number of rotatable bonds is 6. The lowest BCUT2D eigenvalue weighted by molar-refractivity contribution is -0.139. The number of carbonyl (C=O) groups is 3. The van der Waals surface area contributed by atoms with Crippen LogP contribution in [0.1, 0.15) is 27.3 Å². The molecule has 3 amide bonds. The Kier molecular flexibility index (Phi) is 6.13. The van der Waals surface area contributed by atoms with Crippen LogP contribution in [0.4, 0.5) is 0 Å². The van der Waals surface area contributed by atoms with Crippen molar-refractivity contribution >= 4 is 40.7 Å². The smallest absolute Gasteiger partial charge is 0.277 e. The summed E-state index contributed by atoms with van der Waals surface area (Å²) >= 11 is 7.15. The van der Waals surface area contributed by atoms with Crippen LogP contribution in [0.3, 0.4) is 0 Å². The number of carbonyl (C=O) groups excluding carboxylic acids is 3. The van der Waals surface area contributed by atoms with Crippen LogP contribution in [0.2, 0.25) is 5.02 Å². The summed E-state index contributed by atoms with van der Waals surface area (Å²) in [5.74, 6) is -1.08. The maximum atomic E-state index is 12.6. The molecular formula is C22H19ClN4O3S. The van der Waals surface area contributed by atoms with E-state index < -0.39 is 11.9 Å². The van der Waals surface area contributed by atoms with Crippen LogP contribution >= 0.6 is 22.9 Å². The van der Waals surface area contributed by atoms with E-state index in [-0.39, 0.29) is 24.8 Å². The molecule has 1 unspecified atom stereocenters. The number of nitrogens with one attached hydrogen (secondary N) is 2. The molecule has 7 nitrogen and oxygen atoms in total. The van der Waals surface area contributed by atoms with E-state index in [1.165, 1.54) is 16.2 Å². The summed E-state index contributed by atoms with van der Waals surface area (Å²) in [6, 6.07) is 15.7. The van der Waals surface area contributed by atoms with Gasteiger partial charge in [-0.1, -0.05) is 54.1 Å². The number of halogens is 1. The molecule has 2 heterocycles. The zero-order valence-corrected chi connectivity index (χ0v) is 18.2. The van der Waals surface area contributed by atoms with Crippen molar-refractivity contribution in [1.82, 2.24) is 20.7 Å². The van der Waals surface area contributed by atoms with Crippen molar-refractivity contribution in [3.05, 3.63) is 75.8 Å². The van der Waals surface area contributed by atoms with Crippen molar-refractivity contribution in [3.8, 4) is 10.6 Å². The summed E-state index contributed by atoms with van der Waals surface area (Å²) < 4.78 is 0. The number of aryl methyl sites for hydroxylation is 1. The van der Waals surface area contributed by atoms with Crippen molar-refractivity contribution < 1.29 is 14.4 Å². The van der Waals surface area contributed by atoms with E-state index in [9.17, 15) is 14.4 Å². The first-order valence-electron chi connectivity index (χ1n) is 9.60. The molecule has 0 spiro atoms. The molecule has 4 rings (SSSR count). The highest BCUT2D eigenvalue weighted by atomic mass is 35.5. The summed E-state index contributed by atoms with van der Waals surface area (Å²) in [5.41, 5.74) is 7.58. The van der Waals surface area contributed by atoms with Gasteiger partial charge in [0.25, 0.3) is 5.91 Å². The van der Waals surface area contributed by atoms with Gasteiger partial charge in [-0.3, -0.25) is 24.7 Å². The zero-order valence-electron chi connectivity index (χ0n) is 16.6. The lowest BCUT2D eigenvalue weighted by Gasteiger charge is -2.16. The molecule has 0 radical (unpaired) electrons. The quantitative estimate of drug-likeness (QED) is 0.440. The van der Waals surface area contributed by atoms with E-state index >= 15 is 0 Å². The van der Waals surface area contributed by atoms with E-state index in [1.807, 2.05) is 30.3 Å². The molecule has 2 aromatic carbocycles. The topological polar surface area (TPSA) is 91.4 Å².